The third-order valence-electron chi connectivity index (χ3n) is 3.07. The number of pyridine rings is 1. The van der Waals surface area contributed by atoms with Gasteiger partial charge in [-0.2, -0.15) is 0 Å². The molecule has 0 fully saturated rings. The first-order chi connectivity index (χ1) is 11.5. The predicted molar refractivity (Wildman–Crippen MR) is 85.9 cm³/mol. The number of nitrogens with one attached hydrogen (secondary N) is 1. The molecule has 0 saturated carbocycles. The molecule has 124 valence electrons. The lowest BCUT2D eigenvalue weighted by Crippen LogP contribution is -2.19. The van der Waals surface area contributed by atoms with E-state index in [9.17, 15) is 19.7 Å². The molecule has 0 radical (unpaired) electrons. The van der Waals surface area contributed by atoms with Crippen molar-refractivity contribution in [3.05, 3.63) is 63.8 Å². The highest BCUT2D eigenvalue weighted by Gasteiger charge is 2.20. The summed E-state index contributed by atoms with van der Waals surface area (Å²) in [5.74, 6) is -0.864. The Hall–Kier alpha value is -3.29. The van der Waals surface area contributed by atoms with Gasteiger partial charge in [-0.25, -0.2) is 4.98 Å². The molecule has 1 aromatic carbocycles. The van der Waals surface area contributed by atoms with Crippen LogP contribution in [0, 0.1) is 10.1 Å². The molecule has 0 aliphatic carbocycles. The van der Waals surface area contributed by atoms with Crippen LogP contribution in [-0.4, -0.2) is 34.8 Å². The van der Waals surface area contributed by atoms with Crippen molar-refractivity contribution < 1.29 is 19.2 Å². The summed E-state index contributed by atoms with van der Waals surface area (Å²) in [6.07, 6.45) is 1.02. The first-order valence-electron chi connectivity index (χ1n) is 7.16. The van der Waals surface area contributed by atoms with Crippen LogP contribution in [0.4, 0.5) is 11.5 Å². The molecule has 1 N–H and O–H groups in total. The Morgan fingerprint density at radius 3 is 2.62 bits per heavy atom. The Labute approximate surface area is 137 Å². The SMILES string of the molecule is CCOC(=O)CNc1ncc([N+](=O)[O-])cc1C(=O)c1ccccc1. The molecule has 0 aliphatic heterocycles. The van der Waals surface area contributed by atoms with Gasteiger partial charge in [0.05, 0.1) is 17.1 Å². The van der Waals surface area contributed by atoms with Gasteiger partial charge in [0.25, 0.3) is 5.69 Å². The second-order valence-electron chi connectivity index (χ2n) is 4.70. The third-order valence-corrected chi connectivity index (χ3v) is 3.07. The zero-order valence-corrected chi connectivity index (χ0v) is 12.9. The van der Waals surface area contributed by atoms with E-state index in [1.54, 1.807) is 37.3 Å². The number of hydrogen-bond donors (Lipinski definition) is 1. The minimum atomic E-state index is -0.635. The fraction of sp³-hybridized carbons (Fsp3) is 0.188. The van der Waals surface area contributed by atoms with Crippen LogP contribution in [0.1, 0.15) is 22.8 Å². The van der Waals surface area contributed by atoms with E-state index in [1.807, 2.05) is 0 Å². The molecule has 0 spiro atoms. The average Bonchev–Trinajstić information content (AvgIpc) is 2.60. The second kappa shape index (κ2) is 7.82. The molecule has 2 rings (SSSR count). The van der Waals surface area contributed by atoms with Crippen LogP contribution >= 0.6 is 0 Å². The lowest BCUT2D eigenvalue weighted by molar-refractivity contribution is -0.385. The molecule has 0 amide bonds. The van der Waals surface area contributed by atoms with Crippen LogP contribution in [0.2, 0.25) is 0 Å². The van der Waals surface area contributed by atoms with E-state index < -0.39 is 16.7 Å². The van der Waals surface area contributed by atoms with Gasteiger partial charge in [-0.3, -0.25) is 19.7 Å². The maximum absolute atomic E-state index is 12.6. The fourth-order valence-electron chi connectivity index (χ4n) is 1.98. The lowest BCUT2D eigenvalue weighted by atomic mass is 10.0. The molecular formula is C16H15N3O5. The Morgan fingerprint density at radius 2 is 2.00 bits per heavy atom. The number of rotatable bonds is 7. The first-order valence-corrected chi connectivity index (χ1v) is 7.16. The molecule has 8 nitrogen and oxygen atoms in total. The number of carbonyl (C=O) groups excluding carboxylic acids is 2. The summed E-state index contributed by atoms with van der Waals surface area (Å²) in [5, 5.41) is 13.6. The number of benzene rings is 1. The number of anilines is 1. The van der Waals surface area contributed by atoms with Gasteiger partial charge in [-0.1, -0.05) is 30.3 Å². The Kier molecular flexibility index (Phi) is 5.56. The summed E-state index contributed by atoms with van der Waals surface area (Å²) in [6, 6.07) is 9.44. The highest BCUT2D eigenvalue weighted by molar-refractivity contribution is 6.12. The van der Waals surface area contributed by atoms with Crippen molar-refractivity contribution in [2.75, 3.05) is 18.5 Å². The Balaban J connectivity index is 2.34. The summed E-state index contributed by atoms with van der Waals surface area (Å²) in [7, 11) is 0. The molecule has 0 aliphatic rings. The fourth-order valence-corrected chi connectivity index (χ4v) is 1.98. The van der Waals surface area contributed by atoms with Crippen LogP contribution in [0.25, 0.3) is 0 Å². The number of carbonyl (C=O) groups is 2. The van der Waals surface area contributed by atoms with E-state index in [0.29, 0.717) is 5.56 Å². The molecule has 0 unspecified atom stereocenters. The lowest BCUT2D eigenvalue weighted by Gasteiger charge is -2.10. The van der Waals surface area contributed by atoms with Crippen molar-refractivity contribution in [3.63, 3.8) is 0 Å². The van der Waals surface area contributed by atoms with E-state index in [0.717, 1.165) is 12.3 Å². The van der Waals surface area contributed by atoms with Crippen molar-refractivity contribution >= 4 is 23.3 Å². The minimum Gasteiger partial charge on any atom is -0.465 e. The van der Waals surface area contributed by atoms with Gasteiger partial charge >= 0.3 is 5.97 Å². The predicted octanol–water partition coefficient (Wildman–Crippen LogP) is 2.20. The van der Waals surface area contributed by atoms with Crippen molar-refractivity contribution in [1.29, 1.82) is 0 Å². The van der Waals surface area contributed by atoms with Crippen LogP contribution in [0.3, 0.4) is 0 Å². The second-order valence-corrected chi connectivity index (χ2v) is 4.70. The molecule has 0 saturated heterocycles. The minimum absolute atomic E-state index is 0.0136. The van der Waals surface area contributed by atoms with Crippen molar-refractivity contribution in [3.8, 4) is 0 Å². The highest BCUT2D eigenvalue weighted by atomic mass is 16.6. The summed E-state index contributed by atoms with van der Waals surface area (Å²) >= 11 is 0. The topological polar surface area (TPSA) is 111 Å². The average molecular weight is 329 g/mol. The molecule has 24 heavy (non-hydrogen) atoms. The maximum atomic E-state index is 12.6. The highest BCUT2D eigenvalue weighted by Crippen LogP contribution is 2.22. The molecule has 2 aromatic rings. The van der Waals surface area contributed by atoms with E-state index in [4.69, 9.17) is 4.74 Å². The molecule has 8 heteroatoms. The zero-order chi connectivity index (χ0) is 17.5. The van der Waals surface area contributed by atoms with Crippen molar-refractivity contribution in [2.45, 2.75) is 6.92 Å². The summed E-state index contributed by atoms with van der Waals surface area (Å²) in [5.41, 5.74) is 0.0645. The van der Waals surface area contributed by atoms with E-state index in [-0.39, 0.29) is 30.2 Å². The molecule has 0 bridgehead atoms. The third kappa shape index (κ3) is 4.13. The summed E-state index contributed by atoms with van der Waals surface area (Å²) in [6.45, 7) is 1.70. The number of ether oxygens (including phenoxy) is 1. The van der Waals surface area contributed by atoms with E-state index in [2.05, 4.69) is 10.3 Å². The molecular weight excluding hydrogens is 314 g/mol. The van der Waals surface area contributed by atoms with Gasteiger partial charge in [0.1, 0.15) is 18.6 Å². The van der Waals surface area contributed by atoms with Crippen LogP contribution in [0.15, 0.2) is 42.6 Å². The van der Waals surface area contributed by atoms with Gasteiger partial charge in [0.2, 0.25) is 0 Å². The van der Waals surface area contributed by atoms with Gasteiger partial charge in [-0.15, -0.1) is 0 Å². The van der Waals surface area contributed by atoms with Gasteiger partial charge < -0.3 is 10.1 Å². The Bertz CT molecular complexity index is 762. The van der Waals surface area contributed by atoms with Crippen LogP contribution in [0.5, 0.6) is 0 Å². The van der Waals surface area contributed by atoms with E-state index in [1.165, 1.54) is 0 Å². The van der Waals surface area contributed by atoms with E-state index >= 15 is 0 Å². The van der Waals surface area contributed by atoms with Crippen molar-refractivity contribution in [1.82, 2.24) is 4.98 Å². The standard InChI is InChI=1S/C16H15N3O5/c1-2-24-14(20)10-18-16-13(8-12(9-17-16)19(22)23)15(21)11-6-4-3-5-7-11/h3-9H,2,10H2,1H3,(H,17,18). The summed E-state index contributed by atoms with van der Waals surface area (Å²) in [4.78, 5) is 38.2. The molecule has 0 atom stereocenters. The monoisotopic (exact) mass is 329 g/mol. The zero-order valence-electron chi connectivity index (χ0n) is 12.9. The summed E-state index contributed by atoms with van der Waals surface area (Å²) < 4.78 is 4.79. The van der Waals surface area contributed by atoms with Gasteiger partial charge in [0, 0.05) is 11.6 Å². The smallest absolute Gasteiger partial charge is 0.325 e. The first kappa shape index (κ1) is 17.1. The van der Waals surface area contributed by atoms with Gasteiger partial charge in [0.15, 0.2) is 5.78 Å². The largest absolute Gasteiger partial charge is 0.465 e. The number of nitro groups is 1. The van der Waals surface area contributed by atoms with Gasteiger partial charge in [-0.05, 0) is 6.92 Å². The molecule has 1 heterocycles. The quantitative estimate of drug-likeness (QED) is 0.358. The molecule has 1 aromatic heterocycles. The number of nitrogens with zero attached hydrogens (tertiary/aromatic N) is 2. The number of hydrogen-bond acceptors (Lipinski definition) is 7. The number of aromatic nitrogens is 1. The normalized spacial score (nSPS) is 10.0. The van der Waals surface area contributed by atoms with Crippen LogP contribution in [-0.2, 0) is 9.53 Å². The maximum Gasteiger partial charge on any atom is 0.325 e. The number of ketones is 1. The van der Waals surface area contributed by atoms with Crippen LogP contribution < -0.4 is 5.32 Å². The number of esters is 1. The Morgan fingerprint density at radius 1 is 1.29 bits per heavy atom. The van der Waals surface area contributed by atoms with Crippen molar-refractivity contribution in [2.24, 2.45) is 0 Å².